The van der Waals surface area contributed by atoms with E-state index in [1.165, 1.54) is 5.57 Å². The van der Waals surface area contributed by atoms with Gasteiger partial charge in [0.05, 0.1) is 17.5 Å². The van der Waals surface area contributed by atoms with Crippen molar-refractivity contribution in [2.45, 2.75) is 39.7 Å². The maximum Gasteiger partial charge on any atom is 0.152 e. The van der Waals surface area contributed by atoms with E-state index in [0.717, 1.165) is 18.5 Å². The Morgan fingerprint density at radius 1 is 1.41 bits per heavy atom. The minimum absolute atomic E-state index is 0.0134. The van der Waals surface area contributed by atoms with Crippen LogP contribution in [0, 0.1) is 0 Å². The van der Waals surface area contributed by atoms with Crippen molar-refractivity contribution in [3.63, 3.8) is 0 Å². The van der Waals surface area contributed by atoms with Crippen molar-refractivity contribution in [3.8, 4) is 0 Å². The topological polar surface area (TPSA) is 49.4 Å². The van der Waals surface area contributed by atoms with E-state index in [1.807, 2.05) is 25.8 Å². The molecule has 0 saturated carbocycles. The van der Waals surface area contributed by atoms with Gasteiger partial charge in [-0.15, -0.1) is 0 Å². The third-order valence-corrected chi connectivity index (χ3v) is 4.88. The molecule has 1 aliphatic rings. The largest absolute Gasteiger partial charge is 0.303 e. The number of allylic oxidation sites excluding steroid dienone is 2. The van der Waals surface area contributed by atoms with Crippen LogP contribution in [0.15, 0.2) is 24.0 Å². The summed E-state index contributed by atoms with van der Waals surface area (Å²) in [5, 5.41) is 1.82. The molecule has 0 amide bonds. The first-order valence-electron chi connectivity index (χ1n) is 5.88. The summed E-state index contributed by atoms with van der Waals surface area (Å²) in [6.07, 6.45) is 3.28. The number of hydrogen-bond donors (Lipinski definition) is 1. The molecule has 0 aliphatic carbocycles. The van der Waals surface area contributed by atoms with Crippen LogP contribution < -0.4 is 5.43 Å². The van der Waals surface area contributed by atoms with Gasteiger partial charge in [-0.2, -0.15) is 0 Å². The molecule has 1 atom stereocenters. The highest BCUT2D eigenvalue weighted by Crippen LogP contribution is 2.17. The average molecular weight is 258 g/mol. The van der Waals surface area contributed by atoms with Crippen LogP contribution in [0.1, 0.15) is 33.6 Å². The molecule has 98 valence electrons. The fourth-order valence-corrected chi connectivity index (χ4v) is 3.50. The number of rotatable bonds is 4. The van der Waals surface area contributed by atoms with E-state index in [1.54, 1.807) is 6.20 Å². The van der Waals surface area contributed by atoms with Crippen molar-refractivity contribution in [2.75, 3.05) is 11.5 Å². The van der Waals surface area contributed by atoms with E-state index < -0.39 is 9.84 Å². The molecule has 0 aromatic heterocycles. The Morgan fingerprint density at radius 2 is 2.06 bits per heavy atom. The van der Waals surface area contributed by atoms with Gasteiger partial charge in [0, 0.05) is 11.9 Å². The summed E-state index contributed by atoms with van der Waals surface area (Å²) in [5.74, 6) is 0.526. The molecule has 0 spiro atoms. The minimum atomic E-state index is -2.89. The van der Waals surface area contributed by atoms with Gasteiger partial charge in [0.1, 0.15) is 0 Å². The Kier molecular flexibility index (Phi) is 4.62. The lowest BCUT2D eigenvalue weighted by atomic mass is 10.2. The molecule has 0 aromatic carbocycles. The molecule has 4 nitrogen and oxygen atoms in total. The summed E-state index contributed by atoms with van der Waals surface area (Å²) in [4.78, 5) is 0. The predicted octanol–water partition coefficient (Wildman–Crippen LogP) is 1.83. The Bertz CT molecular complexity index is 408. The molecule has 1 heterocycles. The average Bonchev–Trinajstić information content (AvgIpc) is 2.23. The van der Waals surface area contributed by atoms with Gasteiger partial charge in [-0.1, -0.05) is 12.2 Å². The summed E-state index contributed by atoms with van der Waals surface area (Å²) >= 11 is 0. The maximum absolute atomic E-state index is 11.6. The van der Waals surface area contributed by atoms with Crippen molar-refractivity contribution in [2.24, 2.45) is 0 Å². The number of hydrogen-bond acceptors (Lipinski definition) is 4. The number of sulfone groups is 1. The van der Waals surface area contributed by atoms with Crippen LogP contribution in [0.2, 0.25) is 0 Å². The van der Waals surface area contributed by atoms with Gasteiger partial charge in [-0.3, -0.25) is 5.01 Å². The van der Waals surface area contributed by atoms with Crippen molar-refractivity contribution in [1.29, 1.82) is 0 Å². The van der Waals surface area contributed by atoms with Crippen molar-refractivity contribution in [3.05, 3.63) is 24.0 Å². The summed E-state index contributed by atoms with van der Waals surface area (Å²) in [5.41, 5.74) is 5.42. The number of nitrogens with one attached hydrogen (secondary N) is 1. The number of nitrogens with zero attached hydrogens (tertiary/aromatic N) is 1. The van der Waals surface area contributed by atoms with Crippen LogP contribution in [-0.4, -0.2) is 31.0 Å². The van der Waals surface area contributed by atoms with Gasteiger partial charge in [-0.25, -0.2) is 8.42 Å². The van der Waals surface area contributed by atoms with Crippen molar-refractivity contribution in [1.82, 2.24) is 10.4 Å². The van der Waals surface area contributed by atoms with Crippen molar-refractivity contribution >= 4 is 9.84 Å². The molecule has 1 fully saturated rings. The van der Waals surface area contributed by atoms with Crippen LogP contribution in [0.3, 0.4) is 0 Å². The molecule has 0 radical (unpaired) electrons. The van der Waals surface area contributed by atoms with Crippen LogP contribution in [0.5, 0.6) is 0 Å². The molecular formula is C12H22N2O2S. The second kappa shape index (κ2) is 5.58. The third kappa shape index (κ3) is 4.07. The summed E-state index contributed by atoms with van der Waals surface area (Å²) in [6.45, 7) is 9.75. The highest BCUT2D eigenvalue weighted by molar-refractivity contribution is 7.91. The quantitative estimate of drug-likeness (QED) is 0.782. The Hall–Kier alpha value is -0.970. The molecule has 5 heteroatoms. The molecule has 1 saturated heterocycles. The first-order chi connectivity index (χ1) is 7.85. The molecule has 17 heavy (non-hydrogen) atoms. The molecule has 0 aromatic rings. The zero-order valence-corrected chi connectivity index (χ0v) is 11.7. The maximum atomic E-state index is 11.6. The van der Waals surface area contributed by atoms with E-state index >= 15 is 0 Å². The van der Waals surface area contributed by atoms with Gasteiger partial charge in [0.25, 0.3) is 0 Å². The normalized spacial score (nSPS) is 22.6. The molecular weight excluding hydrogens is 236 g/mol. The van der Waals surface area contributed by atoms with E-state index in [-0.39, 0.29) is 11.8 Å². The van der Waals surface area contributed by atoms with E-state index in [4.69, 9.17) is 0 Å². The van der Waals surface area contributed by atoms with Gasteiger partial charge >= 0.3 is 0 Å². The standard InChI is InChI=1S/C12H22N2O2S/c1-5-14(13-11(4)10(2)3)12-7-6-8-17(15,16)9-12/h5,12-13H,1,6-9H2,2-4H3. The van der Waals surface area contributed by atoms with Crippen LogP contribution in [0.25, 0.3) is 0 Å². The molecule has 1 aliphatic heterocycles. The van der Waals surface area contributed by atoms with Gasteiger partial charge in [0.15, 0.2) is 9.84 Å². The smallest absolute Gasteiger partial charge is 0.152 e. The third-order valence-electron chi connectivity index (χ3n) is 3.08. The molecule has 1 rings (SSSR count). The van der Waals surface area contributed by atoms with E-state index in [0.29, 0.717) is 5.75 Å². The lowest BCUT2D eigenvalue weighted by Gasteiger charge is -2.34. The summed E-state index contributed by atoms with van der Waals surface area (Å²) in [7, 11) is -2.89. The Balaban J connectivity index is 2.75. The van der Waals surface area contributed by atoms with Gasteiger partial charge < -0.3 is 5.43 Å². The number of hydrazine groups is 1. The Labute approximate surface area is 104 Å². The molecule has 1 N–H and O–H groups in total. The lowest BCUT2D eigenvalue weighted by molar-refractivity contribution is 0.218. The molecule has 1 unspecified atom stereocenters. The van der Waals surface area contributed by atoms with Crippen LogP contribution >= 0.6 is 0 Å². The Morgan fingerprint density at radius 3 is 2.53 bits per heavy atom. The van der Waals surface area contributed by atoms with E-state index in [9.17, 15) is 8.42 Å². The zero-order valence-electron chi connectivity index (χ0n) is 10.9. The monoisotopic (exact) mass is 258 g/mol. The minimum Gasteiger partial charge on any atom is -0.303 e. The first-order valence-corrected chi connectivity index (χ1v) is 7.70. The van der Waals surface area contributed by atoms with Gasteiger partial charge in [-0.05, 0) is 33.6 Å². The summed E-state index contributed by atoms with van der Waals surface area (Å²) < 4.78 is 23.2. The molecule has 0 bridgehead atoms. The summed E-state index contributed by atoms with van der Waals surface area (Å²) in [6, 6.07) is -0.0134. The first kappa shape index (κ1) is 14.1. The second-order valence-corrected chi connectivity index (χ2v) is 6.97. The van der Waals surface area contributed by atoms with Crippen LogP contribution in [-0.2, 0) is 9.84 Å². The van der Waals surface area contributed by atoms with Crippen molar-refractivity contribution < 1.29 is 8.42 Å². The van der Waals surface area contributed by atoms with Gasteiger partial charge in [0.2, 0.25) is 0 Å². The fourth-order valence-electron chi connectivity index (χ4n) is 1.81. The zero-order chi connectivity index (χ0) is 13.1. The van der Waals surface area contributed by atoms with Crippen LogP contribution in [0.4, 0.5) is 0 Å². The lowest BCUT2D eigenvalue weighted by Crippen LogP contribution is -2.47. The highest BCUT2D eigenvalue weighted by atomic mass is 32.2. The highest BCUT2D eigenvalue weighted by Gasteiger charge is 2.28. The predicted molar refractivity (Wildman–Crippen MR) is 70.9 cm³/mol. The fraction of sp³-hybridized carbons (Fsp3) is 0.667. The van der Waals surface area contributed by atoms with E-state index in [2.05, 4.69) is 12.0 Å². The SMILES string of the molecule is C=CN(NC(C)=C(C)C)C1CCCS(=O)(=O)C1. The second-order valence-electron chi connectivity index (χ2n) is 4.74.